The molecule has 0 N–H and O–H groups in total. The molecule has 0 spiro atoms. The van der Waals surface area contributed by atoms with Crippen molar-refractivity contribution in [1.29, 1.82) is 5.26 Å². The van der Waals surface area contributed by atoms with Gasteiger partial charge in [-0.25, -0.2) is 0 Å². The van der Waals surface area contributed by atoms with Crippen LogP contribution in [0.1, 0.15) is 37.5 Å². The number of hydrogen-bond donors (Lipinski definition) is 0. The molecule has 108 valence electrons. The van der Waals surface area contributed by atoms with Crippen molar-refractivity contribution in [1.82, 2.24) is 5.16 Å². The third kappa shape index (κ3) is 1.82. The maximum atomic E-state index is 12.7. The Balaban J connectivity index is 1.91. The van der Waals surface area contributed by atoms with Crippen LogP contribution in [-0.2, 0) is 0 Å². The number of carbonyl (C=O) groups is 2. The van der Waals surface area contributed by atoms with Crippen LogP contribution < -0.4 is 0 Å². The molecule has 0 aliphatic heterocycles. The number of nitrogens with zero attached hydrogens (tertiary/aromatic N) is 2. The van der Waals surface area contributed by atoms with Gasteiger partial charge in [0.25, 0.3) is 0 Å². The monoisotopic (exact) mass is 300 g/mol. The molecule has 1 heterocycles. The van der Waals surface area contributed by atoms with E-state index in [2.05, 4.69) is 5.16 Å². The topological polar surface area (TPSA) is 84.0 Å². The predicted molar refractivity (Wildman–Crippen MR) is 80.0 cm³/mol. The number of benzene rings is 2. The fraction of sp³-hybridized carbons (Fsp3) is 0. The van der Waals surface area contributed by atoms with Gasteiger partial charge in [-0.05, 0) is 24.3 Å². The summed E-state index contributed by atoms with van der Waals surface area (Å²) in [5, 5.41) is 12.6. The van der Waals surface area contributed by atoms with Crippen molar-refractivity contribution >= 4 is 11.6 Å². The highest BCUT2D eigenvalue weighted by Gasteiger charge is 2.36. The maximum Gasteiger partial charge on any atom is 0.216 e. The number of hydrogen-bond acceptors (Lipinski definition) is 5. The molecular weight excluding hydrogens is 292 g/mol. The summed E-state index contributed by atoms with van der Waals surface area (Å²) in [5.74, 6) is -0.355. The van der Waals surface area contributed by atoms with E-state index in [0.29, 0.717) is 22.3 Å². The highest BCUT2D eigenvalue weighted by molar-refractivity contribution is 6.29. The molecule has 23 heavy (non-hydrogen) atoms. The molecule has 1 aliphatic carbocycles. The van der Waals surface area contributed by atoms with Gasteiger partial charge in [-0.2, -0.15) is 5.26 Å². The minimum atomic E-state index is -0.321. The summed E-state index contributed by atoms with van der Waals surface area (Å²) in [4.78, 5) is 25.2. The van der Waals surface area contributed by atoms with Crippen LogP contribution in [0.15, 0.2) is 53.1 Å². The second-order valence-electron chi connectivity index (χ2n) is 5.13. The normalized spacial score (nSPS) is 12.5. The van der Waals surface area contributed by atoms with Crippen molar-refractivity contribution in [2.45, 2.75) is 0 Å². The molecule has 4 rings (SSSR count). The fourth-order valence-corrected chi connectivity index (χ4v) is 2.69. The molecule has 0 amide bonds. The Labute approximate surface area is 130 Å². The van der Waals surface area contributed by atoms with Crippen LogP contribution in [0.4, 0.5) is 0 Å². The van der Waals surface area contributed by atoms with E-state index >= 15 is 0 Å². The lowest BCUT2D eigenvalue weighted by atomic mass is 9.86. The predicted octanol–water partition coefficient (Wildman–Crippen LogP) is 2.99. The molecule has 1 aliphatic rings. The van der Waals surface area contributed by atoms with Crippen molar-refractivity contribution in [2.24, 2.45) is 0 Å². The van der Waals surface area contributed by atoms with Crippen LogP contribution in [0.5, 0.6) is 0 Å². The van der Waals surface area contributed by atoms with E-state index in [1.54, 1.807) is 48.5 Å². The largest absolute Gasteiger partial charge is 0.355 e. The lowest BCUT2D eigenvalue weighted by Gasteiger charge is -2.12. The summed E-state index contributed by atoms with van der Waals surface area (Å²) in [6.07, 6.45) is 0. The summed E-state index contributed by atoms with van der Waals surface area (Å²) in [6, 6.07) is 15.2. The van der Waals surface area contributed by atoms with Crippen molar-refractivity contribution < 1.29 is 14.1 Å². The minimum absolute atomic E-state index is 0.0352. The van der Waals surface area contributed by atoms with Gasteiger partial charge >= 0.3 is 0 Å². The van der Waals surface area contributed by atoms with E-state index in [1.165, 1.54) is 0 Å². The first-order chi connectivity index (χ1) is 11.2. The highest BCUT2D eigenvalue weighted by Crippen LogP contribution is 2.34. The first-order valence-corrected chi connectivity index (χ1v) is 6.89. The first kappa shape index (κ1) is 13.2. The number of aromatic nitrogens is 1. The second-order valence-corrected chi connectivity index (χ2v) is 5.13. The Hall–Kier alpha value is -3.52. The Morgan fingerprint density at radius 2 is 1.57 bits per heavy atom. The zero-order valence-electron chi connectivity index (χ0n) is 11.7. The number of rotatable bonds is 1. The van der Waals surface area contributed by atoms with Crippen molar-refractivity contribution in [3.63, 3.8) is 0 Å². The van der Waals surface area contributed by atoms with Crippen molar-refractivity contribution in [2.75, 3.05) is 0 Å². The van der Waals surface area contributed by atoms with E-state index in [9.17, 15) is 9.59 Å². The average molecular weight is 300 g/mol. The van der Waals surface area contributed by atoms with E-state index in [4.69, 9.17) is 9.78 Å². The molecule has 2 aromatic carbocycles. The molecule has 0 radical (unpaired) electrons. The third-order valence-corrected chi connectivity index (χ3v) is 3.83. The van der Waals surface area contributed by atoms with Gasteiger partial charge in [0.15, 0.2) is 17.2 Å². The second kappa shape index (κ2) is 4.75. The van der Waals surface area contributed by atoms with Gasteiger partial charge in [-0.3, -0.25) is 9.59 Å². The maximum absolute atomic E-state index is 12.7. The summed E-state index contributed by atoms with van der Waals surface area (Å²) < 4.78 is 5.27. The molecule has 0 atom stereocenters. The summed E-state index contributed by atoms with van der Waals surface area (Å²) in [7, 11) is 0. The minimum Gasteiger partial charge on any atom is -0.355 e. The Bertz CT molecular complexity index is 1010. The van der Waals surface area contributed by atoms with Crippen LogP contribution >= 0.6 is 0 Å². The van der Waals surface area contributed by atoms with Gasteiger partial charge < -0.3 is 4.52 Å². The number of ketones is 2. The molecule has 5 nitrogen and oxygen atoms in total. The molecule has 5 heteroatoms. The van der Waals surface area contributed by atoms with Crippen LogP contribution in [-0.4, -0.2) is 16.7 Å². The first-order valence-electron chi connectivity index (χ1n) is 6.89. The zero-order chi connectivity index (χ0) is 16.0. The molecule has 0 fully saturated rings. The van der Waals surface area contributed by atoms with Crippen molar-refractivity contribution in [3.8, 4) is 17.4 Å². The SMILES string of the molecule is N#Cc1ccc(-c2onc3c2C(=O)c2ccccc2C3=O)cc1. The van der Waals surface area contributed by atoms with Crippen LogP contribution in [0.25, 0.3) is 11.3 Å². The molecule has 3 aromatic rings. The van der Waals surface area contributed by atoms with E-state index in [-0.39, 0.29) is 28.6 Å². The van der Waals surface area contributed by atoms with Crippen LogP contribution in [0.3, 0.4) is 0 Å². The number of nitriles is 1. The van der Waals surface area contributed by atoms with Gasteiger partial charge in [0.2, 0.25) is 5.78 Å². The Morgan fingerprint density at radius 1 is 0.913 bits per heavy atom. The fourth-order valence-electron chi connectivity index (χ4n) is 2.69. The summed E-state index contributed by atoms with van der Waals surface area (Å²) in [5.41, 5.74) is 1.99. The van der Waals surface area contributed by atoms with E-state index in [1.807, 2.05) is 6.07 Å². The lowest BCUT2D eigenvalue weighted by molar-refractivity contribution is 0.0976. The summed E-state index contributed by atoms with van der Waals surface area (Å²) in [6.45, 7) is 0. The van der Waals surface area contributed by atoms with E-state index in [0.717, 1.165) is 0 Å². The van der Waals surface area contributed by atoms with Gasteiger partial charge in [-0.1, -0.05) is 29.4 Å². The highest BCUT2D eigenvalue weighted by atomic mass is 16.5. The molecular formula is C18H8N2O3. The number of fused-ring (bicyclic) bond motifs is 2. The van der Waals surface area contributed by atoms with Crippen molar-refractivity contribution in [3.05, 3.63) is 76.5 Å². The molecule has 1 aromatic heterocycles. The Kier molecular flexibility index (Phi) is 2.72. The molecule has 0 saturated heterocycles. The molecule has 0 unspecified atom stereocenters. The standard InChI is InChI=1S/C18H8N2O3/c19-9-10-5-7-11(8-6-10)18-14-15(20-23-18)17(22)13-4-2-1-3-12(13)16(14)21/h1-8H. The third-order valence-electron chi connectivity index (χ3n) is 3.83. The van der Waals surface area contributed by atoms with Gasteiger partial charge in [0, 0.05) is 16.7 Å². The average Bonchev–Trinajstić information content (AvgIpc) is 3.05. The Morgan fingerprint density at radius 3 is 2.22 bits per heavy atom. The smallest absolute Gasteiger partial charge is 0.216 e. The molecule has 0 saturated carbocycles. The zero-order valence-corrected chi connectivity index (χ0v) is 11.7. The van der Waals surface area contributed by atoms with E-state index < -0.39 is 0 Å². The van der Waals surface area contributed by atoms with Gasteiger partial charge in [0.1, 0.15) is 5.56 Å². The quantitative estimate of drug-likeness (QED) is 0.539. The van der Waals surface area contributed by atoms with Crippen LogP contribution in [0.2, 0.25) is 0 Å². The molecule has 0 bridgehead atoms. The lowest BCUT2D eigenvalue weighted by Crippen LogP contribution is -2.20. The summed E-state index contributed by atoms with van der Waals surface area (Å²) >= 11 is 0. The van der Waals surface area contributed by atoms with Gasteiger partial charge in [0.05, 0.1) is 11.6 Å². The number of carbonyl (C=O) groups excluding carboxylic acids is 2. The van der Waals surface area contributed by atoms with Crippen LogP contribution in [0, 0.1) is 11.3 Å². The van der Waals surface area contributed by atoms with Gasteiger partial charge in [-0.15, -0.1) is 0 Å².